The van der Waals surface area contributed by atoms with Gasteiger partial charge in [0, 0.05) is 23.6 Å². The van der Waals surface area contributed by atoms with Gasteiger partial charge in [0.25, 0.3) is 11.5 Å². The second kappa shape index (κ2) is 6.88. The number of nitro groups is 1. The molecule has 162 valence electrons. The van der Waals surface area contributed by atoms with E-state index in [0.717, 1.165) is 5.56 Å². The highest BCUT2D eigenvalue weighted by Crippen LogP contribution is 2.59. The van der Waals surface area contributed by atoms with E-state index in [1.165, 1.54) is 18.2 Å². The number of fused-ring (bicyclic) bond motifs is 5. The molecule has 0 aromatic heterocycles. The Bertz CT molecular complexity index is 1130. The van der Waals surface area contributed by atoms with E-state index in [1.54, 1.807) is 18.2 Å². The molecule has 0 bridgehead atoms. The third-order valence-corrected chi connectivity index (χ3v) is 5.93. The molecule has 8 heteroatoms. The summed E-state index contributed by atoms with van der Waals surface area (Å²) in [5.41, 5.74) is -1.51. The lowest BCUT2D eigenvalue weighted by atomic mass is 9.82. The molecule has 2 aliphatic rings. The molecule has 0 saturated carbocycles. The summed E-state index contributed by atoms with van der Waals surface area (Å²) < 4.78 is 5.95. The Kier molecular flexibility index (Phi) is 4.66. The lowest BCUT2D eigenvalue weighted by molar-refractivity contribution is -0.385. The molecule has 1 heterocycles. The minimum Gasteiger partial charge on any atom is -0.454 e. The van der Waals surface area contributed by atoms with E-state index in [4.69, 9.17) is 4.74 Å². The van der Waals surface area contributed by atoms with Crippen molar-refractivity contribution in [1.82, 2.24) is 5.32 Å². The predicted molar refractivity (Wildman–Crippen MR) is 112 cm³/mol. The number of nitrogens with zero attached hydrogens (tertiary/aromatic N) is 1. The number of ether oxygens (including phenoxy) is 1. The van der Waals surface area contributed by atoms with Crippen molar-refractivity contribution in [3.63, 3.8) is 0 Å². The third-order valence-electron chi connectivity index (χ3n) is 5.93. The smallest absolute Gasteiger partial charge is 0.280 e. The van der Waals surface area contributed by atoms with Crippen LogP contribution >= 0.6 is 0 Å². The molecule has 2 aromatic carbocycles. The SMILES string of the molecule is CC(C)CC(=O)NC12C(=O)c3c([N+](=O)[O-])cccc3C1(O)Oc1cc(C(C)C)ccc12. The average Bonchev–Trinajstić information content (AvgIpc) is 3.04. The fourth-order valence-corrected chi connectivity index (χ4v) is 4.48. The first-order valence-corrected chi connectivity index (χ1v) is 10.2. The van der Waals surface area contributed by atoms with Crippen LogP contribution in [0, 0.1) is 16.0 Å². The van der Waals surface area contributed by atoms with E-state index in [-0.39, 0.29) is 40.7 Å². The van der Waals surface area contributed by atoms with Crippen LogP contribution in [-0.4, -0.2) is 21.7 Å². The van der Waals surface area contributed by atoms with Crippen LogP contribution in [0.5, 0.6) is 5.75 Å². The number of carbonyl (C=O) groups is 2. The number of nitrogens with one attached hydrogen (secondary N) is 1. The first kappa shape index (κ1) is 21.0. The second-order valence-electron chi connectivity index (χ2n) is 8.84. The van der Waals surface area contributed by atoms with Gasteiger partial charge in [-0.1, -0.05) is 52.0 Å². The maximum Gasteiger partial charge on any atom is 0.280 e. The van der Waals surface area contributed by atoms with Gasteiger partial charge >= 0.3 is 0 Å². The second-order valence-corrected chi connectivity index (χ2v) is 8.84. The maximum absolute atomic E-state index is 13.8. The molecule has 2 atom stereocenters. The van der Waals surface area contributed by atoms with Crippen LogP contribution in [0.3, 0.4) is 0 Å². The largest absolute Gasteiger partial charge is 0.454 e. The predicted octanol–water partition coefficient (Wildman–Crippen LogP) is 3.51. The fraction of sp³-hybridized carbons (Fsp3) is 0.391. The molecule has 0 fully saturated rings. The number of aliphatic hydroxyl groups is 1. The molecule has 31 heavy (non-hydrogen) atoms. The molecule has 2 unspecified atom stereocenters. The third kappa shape index (κ3) is 2.78. The van der Waals surface area contributed by atoms with Crippen molar-refractivity contribution < 1.29 is 24.4 Å². The van der Waals surface area contributed by atoms with Crippen molar-refractivity contribution in [3.8, 4) is 5.75 Å². The highest BCUT2D eigenvalue weighted by atomic mass is 16.6. The van der Waals surface area contributed by atoms with Crippen LogP contribution in [0.2, 0.25) is 0 Å². The number of amides is 1. The van der Waals surface area contributed by atoms with Gasteiger partial charge in [-0.3, -0.25) is 19.7 Å². The summed E-state index contributed by atoms with van der Waals surface area (Å²) in [5, 5.41) is 26.1. The molecular weight excluding hydrogens is 400 g/mol. The summed E-state index contributed by atoms with van der Waals surface area (Å²) in [4.78, 5) is 37.5. The van der Waals surface area contributed by atoms with Crippen molar-refractivity contribution in [3.05, 3.63) is 68.8 Å². The average molecular weight is 424 g/mol. The van der Waals surface area contributed by atoms with Gasteiger partial charge in [-0.15, -0.1) is 0 Å². The molecular formula is C23H24N2O6. The number of hydrogen-bond acceptors (Lipinski definition) is 6. The van der Waals surface area contributed by atoms with Crippen molar-refractivity contribution in [2.75, 3.05) is 0 Å². The summed E-state index contributed by atoms with van der Waals surface area (Å²) in [6.07, 6.45) is 0.114. The van der Waals surface area contributed by atoms with Crippen molar-refractivity contribution >= 4 is 17.4 Å². The lowest BCUT2D eigenvalue weighted by Crippen LogP contribution is -2.60. The summed E-state index contributed by atoms with van der Waals surface area (Å²) in [5.74, 6) is -3.07. The Labute approximate surface area is 179 Å². The molecule has 8 nitrogen and oxygen atoms in total. The van der Waals surface area contributed by atoms with Crippen molar-refractivity contribution in [2.45, 2.75) is 51.4 Å². The van der Waals surface area contributed by atoms with Crippen LogP contribution in [0.1, 0.15) is 67.1 Å². The number of rotatable bonds is 5. The van der Waals surface area contributed by atoms with Gasteiger partial charge in [-0.25, -0.2) is 0 Å². The topological polar surface area (TPSA) is 119 Å². The molecule has 0 saturated heterocycles. The fourth-order valence-electron chi connectivity index (χ4n) is 4.48. The van der Waals surface area contributed by atoms with Crippen LogP contribution in [0.4, 0.5) is 5.69 Å². The van der Waals surface area contributed by atoms with Gasteiger partial charge in [-0.2, -0.15) is 0 Å². The maximum atomic E-state index is 13.8. The number of carbonyl (C=O) groups excluding carboxylic acids is 2. The molecule has 4 rings (SSSR count). The van der Waals surface area contributed by atoms with Gasteiger partial charge in [0.2, 0.25) is 17.2 Å². The van der Waals surface area contributed by atoms with Gasteiger partial charge in [0.05, 0.1) is 4.92 Å². The summed E-state index contributed by atoms with van der Waals surface area (Å²) >= 11 is 0. The Hall–Kier alpha value is -3.26. The summed E-state index contributed by atoms with van der Waals surface area (Å²) in [6.45, 7) is 7.70. The van der Waals surface area contributed by atoms with E-state index in [9.17, 15) is 24.8 Å². The standard InChI is InChI=1S/C23H24N2O6/c1-12(2)10-19(26)24-22-15-9-8-14(13(3)4)11-18(15)31-23(22,28)16-6-5-7-17(25(29)30)20(16)21(22)27/h5-9,11-13,28H,10H2,1-4H3,(H,24,26). The van der Waals surface area contributed by atoms with Crippen LogP contribution in [0.15, 0.2) is 36.4 Å². The quantitative estimate of drug-likeness (QED) is 0.560. The first-order chi connectivity index (χ1) is 14.5. The van der Waals surface area contributed by atoms with Gasteiger partial charge in [0.1, 0.15) is 11.3 Å². The van der Waals surface area contributed by atoms with Crippen LogP contribution in [-0.2, 0) is 16.1 Å². The van der Waals surface area contributed by atoms with E-state index in [1.807, 2.05) is 27.7 Å². The normalized spacial score (nSPS) is 23.4. The highest BCUT2D eigenvalue weighted by Gasteiger charge is 2.73. The number of Topliss-reactive ketones (excluding diaryl/α,β-unsaturated/α-hetero) is 1. The van der Waals surface area contributed by atoms with Crippen LogP contribution < -0.4 is 10.1 Å². The Morgan fingerprint density at radius 1 is 1.19 bits per heavy atom. The molecule has 1 aliphatic carbocycles. The van der Waals surface area contributed by atoms with Crippen LogP contribution in [0.25, 0.3) is 0 Å². The minimum atomic E-state index is -2.30. The number of benzene rings is 2. The monoisotopic (exact) mass is 424 g/mol. The first-order valence-electron chi connectivity index (χ1n) is 10.2. The molecule has 0 radical (unpaired) electrons. The molecule has 2 aromatic rings. The summed E-state index contributed by atoms with van der Waals surface area (Å²) in [6, 6.07) is 9.20. The highest BCUT2D eigenvalue weighted by molar-refractivity contribution is 6.14. The van der Waals surface area contributed by atoms with Gasteiger partial charge < -0.3 is 15.2 Å². The zero-order valence-electron chi connectivity index (χ0n) is 17.8. The van der Waals surface area contributed by atoms with Gasteiger partial charge in [0.15, 0.2) is 0 Å². The number of hydrogen-bond donors (Lipinski definition) is 2. The number of nitro benzene ring substituents is 1. The molecule has 0 spiro atoms. The zero-order valence-corrected chi connectivity index (χ0v) is 17.8. The Morgan fingerprint density at radius 3 is 2.52 bits per heavy atom. The van der Waals surface area contributed by atoms with Crippen molar-refractivity contribution in [2.24, 2.45) is 5.92 Å². The van der Waals surface area contributed by atoms with E-state index >= 15 is 0 Å². The van der Waals surface area contributed by atoms with E-state index in [0.29, 0.717) is 0 Å². The van der Waals surface area contributed by atoms with Gasteiger partial charge in [-0.05, 0) is 23.5 Å². The minimum absolute atomic E-state index is 0.00261. The zero-order chi connectivity index (χ0) is 22.7. The Morgan fingerprint density at radius 2 is 1.90 bits per heavy atom. The Balaban J connectivity index is 1.98. The molecule has 1 amide bonds. The summed E-state index contributed by atoms with van der Waals surface area (Å²) in [7, 11) is 0. The van der Waals surface area contributed by atoms with Crippen molar-refractivity contribution in [1.29, 1.82) is 0 Å². The van der Waals surface area contributed by atoms with E-state index < -0.39 is 33.6 Å². The number of ketones is 1. The molecule has 1 aliphatic heterocycles. The van der Waals surface area contributed by atoms with E-state index in [2.05, 4.69) is 5.32 Å². The molecule has 2 N–H and O–H groups in total. The lowest BCUT2D eigenvalue weighted by Gasteiger charge is -2.34.